The number of allylic oxidation sites excluding steroid dienone is 1. The summed E-state index contributed by atoms with van der Waals surface area (Å²) in [5.74, 6) is 0.556. The van der Waals surface area contributed by atoms with E-state index in [-0.39, 0.29) is 47.0 Å². The quantitative estimate of drug-likeness (QED) is 0.375. The Labute approximate surface area is 185 Å². The Kier molecular flexibility index (Phi) is 5.72. The molecule has 31 heavy (non-hydrogen) atoms. The average Bonchev–Trinajstić information content (AvgIpc) is 2.92. The summed E-state index contributed by atoms with van der Waals surface area (Å²) in [4.78, 5) is 35.1. The van der Waals surface area contributed by atoms with Crippen LogP contribution in [0.25, 0.3) is 0 Å². The molecule has 0 bridgehead atoms. The van der Waals surface area contributed by atoms with Crippen LogP contribution in [0.2, 0.25) is 0 Å². The molecule has 0 saturated heterocycles. The van der Waals surface area contributed by atoms with Gasteiger partial charge in [-0.05, 0) is 61.7 Å². The number of ether oxygens (including phenoxy) is 3. The number of carbonyl (C=O) groups is 3. The van der Waals surface area contributed by atoms with Crippen molar-refractivity contribution in [2.75, 3.05) is 0 Å². The minimum atomic E-state index is -0.377. The molecule has 0 spiro atoms. The van der Waals surface area contributed by atoms with Crippen LogP contribution in [-0.4, -0.2) is 36.2 Å². The SMILES string of the molecule is CC(=O)OC1CC[C@@]2(C)C(=CC[C@@H]3[C@H]2CC[C@]2(C)C(OC(C)=O)C(OC(C)=O)C[C@@H]32)C1. The summed E-state index contributed by atoms with van der Waals surface area (Å²) in [6.45, 7) is 8.97. The maximum atomic E-state index is 11.9. The summed E-state index contributed by atoms with van der Waals surface area (Å²) in [7, 11) is 0. The van der Waals surface area contributed by atoms with E-state index in [9.17, 15) is 14.4 Å². The standard InChI is InChI=1S/C25H36O6/c1-14(26)29-18-8-10-24(4)17(12-18)6-7-19-20(24)9-11-25(5)21(19)13-22(30-15(2)27)23(25)31-16(3)28/h6,18-23H,7-13H2,1-5H3/t18?,19-,20-,21+,22?,23?,24+,25+/m1/s1. The van der Waals surface area contributed by atoms with E-state index in [1.807, 2.05) is 0 Å². The van der Waals surface area contributed by atoms with E-state index in [1.54, 1.807) is 0 Å². The first-order valence-electron chi connectivity index (χ1n) is 11.8. The third-order valence-corrected chi connectivity index (χ3v) is 8.91. The van der Waals surface area contributed by atoms with Gasteiger partial charge in [0.05, 0.1) is 0 Å². The van der Waals surface area contributed by atoms with Crippen molar-refractivity contribution >= 4 is 17.9 Å². The van der Waals surface area contributed by atoms with Crippen molar-refractivity contribution in [3.63, 3.8) is 0 Å². The summed E-state index contributed by atoms with van der Waals surface area (Å²) in [6, 6.07) is 0. The highest BCUT2D eigenvalue weighted by Crippen LogP contribution is 2.65. The molecule has 0 aromatic rings. The molecule has 0 aromatic heterocycles. The number of hydrogen-bond acceptors (Lipinski definition) is 6. The molecular weight excluding hydrogens is 396 g/mol. The van der Waals surface area contributed by atoms with Crippen LogP contribution in [0.3, 0.4) is 0 Å². The average molecular weight is 433 g/mol. The summed E-state index contributed by atoms with van der Waals surface area (Å²) < 4.78 is 17.0. The molecule has 4 aliphatic carbocycles. The molecule has 0 N–H and O–H groups in total. The highest BCUT2D eigenvalue weighted by molar-refractivity contribution is 5.67. The van der Waals surface area contributed by atoms with E-state index in [0.29, 0.717) is 17.8 Å². The predicted octanol–water partition coefficient (Wildman–Crippen LogP) is 4.35. The highest BCUT2D eigenvalue weighted by Gasteiger charge is 2.63. The molecular formula is C25H36O6. The maximum Gasteiger partial charge on any atom is 0.303 e. The monoisotopic (exact) mass is 432 g/mol. The Balaban J connectivity index is 1.60. The van der Waals surface area contributed by atoms with Crippen LogP contribution in [0.1, 0.15) is 79.6 Å². The van der Waals surface area contributed by atoms with E-state index in [0.717, 1.165) is 44.9 Å². The molecule has 4 rings (SSSR count). The lowest BCUT2D eigenvalue weighted by Gasteiger charge is -2.57. The minimum absolute atomic E-state index is 0.00425. The molecule has 0 radical (unpaired) electrons. The van der Waals surface area contributed by atoms with E-state index in [4.69, 9.17) is 14.2 Å². The first-order valence-corrected chi connectivity index (χ1v) is 11.8. The van der Waals surface area contributed by atoms with Crippen molar-refractivity contribution in [3.05, 3.63) is 11.6 Å². The zero-order valence-corrected chi connectivity index (χ0v) is 19.4. The van der Waals surface area contributed by atoms with Crippen LogP contribution in [0.15, 0.2) is 11.6 Å². The van der Waals surface area contributed by atoms with Crippen molar-refractivity contribution in [1.29, 1.82) is 0 Å². The summed E-state index contributed by atoms with van der Waals surface area (Å²) in [6.07, 6.45) is 8.20. The number of esters is 3. The minimum Gasteiger partial charge on any atom is -0.462 e. The van der Waals surface area contributed by atoms with Crippen molar-refractivity contribution in [1.82, 2.24) is 0 Å². The Morgan fingerprint density at radius 2 is 1.58 bits per heavy atom. The van der Waals surface area contributed by atoms with Gasteiger partial charge in [-0.25, -0.2) is 0 Å². The van der Waals surface area contributed by atoms with E-state index in [2.05, 4.69) is 19.9 Å². The Hall–Kier alpha value is -1.85. The van der Waals surface area contributed by atoms with Gasteiger partial charge in [-0.3, -0.25) is 14.4 Å². The number of rotatable bonds is 3. The van der Waals surface area contributed by atoms with Crippen molar-refractivity contribution in [2.24, 2.45) is 28.6 Å². The lowest BCUT2D eigenvalue weighted by molar-refractivity contribution is -0.172. The van der Waals surface area contributed by atoms with Crippen LogP contribution in [0.4, 0.5) is 0 Å². The maximum absolute atomic E-state index is 11.9. The Morgan fingerprint density at radius 3 is 2.23 bits per heavy atom. The largest absolute Gasteiger partial charge is 0.462 e. The van der Waals surface area contributed by atoms with Gasteiger partial charge in [0.15, 0.2) is 0 Å². The molecule has 3 fully saturated rings. The lowest BCUT2D eigenvalue weighted by Crippen LogP contribution is -2.52. The van der Waals surface area contributed by atoms with Gasteiger partial charge in [-0.2, -0.15) is 0 Å². The van der Waals surface area contributed by atoms with Gasteiger partial charge >= 0.3 is 17.9 Å². The second-order valence-electron chi connectivity index (χ2n) is 10.7. The third-order valence-electron chi connectivity index (χ3n) is 8.91. The van der Waals surface area contributed by atoms with Gasteiger partial charge in [0.1, 0.15) is 18.3 Å². The number of fused-ring (bicyclic) bond motifs is 5. The molecule has 172 valence electrons. The number of carbonyl (C=O) groups excluding carboxylic acids is 3. The normalized spacial score (nSPS) is 43.6. The van der Waals surface area contributed by atoms with Crippen molar-refractivity contribution in [3.8, 4) is 0 Å². The van der Waals surface area contributed by atoms with E-state index >= 15 is 0 Å². The summed E-state index contributed by atoms with van der Waals surface area (Å²) in [5, 5.41) is 0. The van der Waals surface area contributed by atoms with Crippen molar-refractivity contribution < 1.29 is 28.6 Å². The molecule has 6 nitrogen and oxygen atoms in total. The van der Waals surface area contributed by atoms with Crippen molar-refractivity contribution in [2.45, 2.75) is 97.9 Å². The van der Waals surface area contributed by atoms with Gasteiger partial charge in [-0.15, -0.1) is 0 Å². The Morgan fingerprint density at radius 1 is 0.903 bits per heavy atom. The zero-order chi connectivity index (χ0) is 22.6. The fraction of sp³-hybridized carbons (Fsp3) is 0.800. The summed E-state index contributed by atoms with van der Waals surface area (Å²) >= 11 is 0. The third kappa shape index (κ3) is 3.80. The fourth-order valence-corrected chi connectivity index (χ4v) is 7.62. The van der Waals surface area contributed by atoms with E-state index in [1.165, 1.54) is 26.3 Å². The van der Waals surface area contributed by atoms with Gasteiger partial charge in [0.25, 0.3) is 0 Å². The molecule has 0 heterocycles. The fourth-order valence-electron chi connectivity index (χ4n) is 7.62. The van der Waals surface area contributed by atoms with Crippen LogP contribution < -0.4 is 0 Å². The van der Waals surface area contributed by atoms with Crippen LogP contribution in [0.5, 0.6) is 0 Å². The van der Waals surface area contributed by atoms with Crippen LogP contribution in [-0.2, 0) is 28.6 Å². The van der Waals surface area contributed by atoms with Gasteiger partial charge < -0.3 is 14.2 Å². The molecule has 6 heteroatoms. The second-order valence-corrected chi connectivity index (χ2v) is 10.7. The van der Waals surface area contributed by atoms with Gasteiger partial charge in [0, 0.05) is 32.6 Å². The number of hydrogen-bond donors (Lipinski definition) is 0. The predicted molar refractivity (Wildman–Crippen MR) is 114 cm³/mol. The first kappa shape index (κ1) is 22.3. The molecule has 3 saturated carbocycles. The van der Waals surface area contributed by atoms with E-state index < -0.39 is 0 Å². The van der Waals surface area contributed by atoms with Gasteiger partial charge in [0.2, 0.25) is 0 Å². The molecule has 3 unspecified atom stereocenters. The molecule has 0 amide bonds. The topological polar surface area (TPSA) is 78.9 Å². The second kappa shape index (κ2) is 7.93. The first-order chi connectivity index (χ1) is 14.5. The Bertz CT molecular complexity index is 802. The van der Waals surface area contributed by atoms with Crippen LogP contribution >= 0.6 is 0 Å². The zero-order valence-electron chi connectivity index (χ0n) is 19.4. The molecule has 0 aliphatic heterocycles. The molecule has 8 atom stereocenters. The van der Waals surface area contributed by atoms with Crippen LogP contribution in [0, 0.1) is 28.6 Å². The van der Waals surface area contributed by atoms with Gasteiger partial charge in [-0.1, -0.05) is 25.5 Å². The highest BCUT2D eigenvalue weighted by atomic mass is 16.6. The molecule has 4 aliphatic rings. The summed E-state index contributed by atoms with van der Waals surface area (Å²) in [5.41, 5.74) is 1.39. The lowest BCUT2D eigenvalue weighted by atomic mass is 9.48. The molecule has 0 aromatic carbocycles. The smallest absolute Gasteiger partial charge is 0.303 e.